The Hall–Kier alpha value is -0.290. The van der Waals surface area contributed by atoms with Crippen molar-refractivity contribution < 1.29 is 17.9 Å². The van der Waals surface area contributed by atoms with Gasteiger partial charge in [0.1, 0.15) is 6.61 Å². The molecule has 0 amide bonds. The SMILES string of the molecule is FC(F)(F)COCCNCC1(C2CC2)CC1. The first kappa shape index (κ1) is 12.2. The van der Waals surface area contributed by atoms with Crippen LogP contribution in [-0.4, -0.2) is 32.5 Å². The summed E-state index contributed by atoms with van der Waals surface area (Å²) in [5, 5.41) is 3.20. The Balaban J connectivity index is 1.46. The summed E-state index contributed by atoms with van der Waals surface area (Å²) in [5.41, 5.74) is 0.504. The number of nitrogens with one attached hydrogen (secondary N) is 1. The van der Waals surface area contributed by atoms with Crippen molar-refractivity contribution in [3.8, 4) is 0 Å². The monoisotopic (exact) mass is 237 g/mol. The van der Waals surface area contributed by atoms with E-state index in [0.29, 0.717) is 12.0 Å². The second kappa shape index (κ2) is 4.53. The van der Waals surface area contributed by atoms with E-state index in [4.69, 9.17) is 0 Å². The summed E-state index contributed by atoms with van der Waals surface area (Å²) in [6.07, 6.45) is 1.05. The van der Waals surface area contributed by atoms with Crippen molar-refractivity contribution in [3.63, 3.8) is 0 Å². The maximum absolute atomic E-state index is 11.7. The molecule has 2 fully saturated rings. The third kappa shape index (κ3) is 3.63. The lowest BCUT2D eigenvalue weighted by Gasteiger charge is -2.15. The summed E-state index contributed by atoms with van der Waals surface area (Å²) in [6, 6.07) is 0. The maximum Gasteiger partial charge on any atom is 0.411 e. The Bertz CT molecular complexity index is 234. The fourth-order valence-corrected chi connectivity index (χ4v) is 2.26. The van der Waals surface area contributed by atoms with Gasteiger partial charge in [-0.15, -0.1) is 0 Å². The zero-order valence-electron chi connectivity index (χ0n) is 9.28. The normalized spacial score (nSPS) is 23.4. The minimum atomic E-state index is -4.20. The molecule has 0 unspecified atom stereocenters. The molecule has 1 N–H and O–H groups in total. The van der Waals surface area contributed by atoms with Crippen molar-refractivity contribution in [3.05, 3.63) is 0 Å². The van der Waals surface area contributed by atoms with E-state index in [1.807, 2.05) is 0 Å². The highest BCUT2D eigenvalue weighted by atomic mass is 19.4. The first-order valence-electron chi connectivity index (χ1n) is 5.87. The predicted octanol–water partition coefficient (Wildman–Crippen LogP) is 2.35. The molecule has 0 atom stereocenters. The van der Waals surface area contributed by atoms with Gasteiger partial charge in [-0.2, -0.15) is 13.2 Å². The van der Waals surface area contributed by atoms with Crippen LogP contribution in [-0.2, 0) is 4.74 Å². The van der Waals surface area contributed by atoms with Gasteiger partial charge in [-0.1, -0.05) is 0 Å². The van der Waals surface area contributed by atoms with Gasteiger partial charge in [-0.3, -0.25) is 0 Å². The van der Waals surface area contributed by atoms with E-state index in [-0.39, 0.29) is 6.61 Å². The number of alkyl halides is 3. The van der Waals surface area contributed by atoms with E-state index >= 15 is 0 Å². The van der Waals surface area contributed by atoms with Gasteiger partial charge in [-0.25, -0.2) is 0 Å². The van der Waals surface area contributed by atoms with Crippen LogP contribution in [0.25, 0.3) is 0 Å². The average Bonchev–Trinajstić information content (AvgIpc) is 2.97. The largest absolute Gasteiger partial charge is 0.411 e. The maximum atomic E-state index is 11.7. The summed E-state index contributed by atoms with van der Waals surface area (Å²) in [5.74, 6) is 0.885. The highest BCUT2D eigenvalue weighted by molar-refractivity contribution is 5.04. The van der Waals surface area contributed by atoms with Gasteiger partial charge in [0.05, 0.1) is 6.61 Å². The third-order valence-electron chi connectivity index (χ3n) is 3.50. The smallest absolute Gasteiger partial charge is 0.371 e. The second-order valence-corrected chi connectivity index (χ2v) is 4.98. The molecule has 2 nitrogen and oxygen atoms in total. The number of hydrogen-bond donors (Lipinski definition) is 1. The first-order valence-corrected chi connectivity index (χ1v) is 5.87. The quantitative estimate of drug-likeness (QED) is 0.686. The molecule has 16 heavy (non-hydrogen) atoms. The summed E-state index contributed by atoms with van der Waals surface area (Å²) >= 11 is 0. The molecule has 0 aromatic rings. The molecule has 0 saturated heterocycles. The molecule has 0 bridgehead atoms. The molecule has 2 saturated carbocycles. The molecule has 2 rings (SSSR count). The number of halogens is 3. The molecule has 0 heterocycles. The van der Waals surface area contributed by atoms with Crippen LogP contribution in [0.1, 0.15) is 25.7 Å². The second-order valence-electron chi connectivity index (χ2n) is 4.98. The van der Waals surface area contributed by atoms with Crippen molar-refractivity contribution in [2.75, 3.05) is 26.3 Å². The lowest BCUT2D eigenvalue weighted by Crippen LogP contribution is -2.29. The zero-order chi connectivity index (χ0) is 11.6. The van der Waals surface area contributed by atoms with Crippen LogP contribution < -0.4 is 5.32 Å². The lowest BCUT2D eigenvalue weighted by molar-refractivity contribution is -0.173. The lowest BCUT2D eigenvalue weighted by atomic mass is 10.0. The number of hydrogen-bond acceptors (Lipinski definition) is 2. The third-order valence-corrected chi connectivity index (χ3v) is 3.50. The molecule has 0 aliphatic heterocycles. The van der Waals surface area contributed by atoms with E-state index in [1.54, 1.807) is 0 Å². The molecular formula is C11H18F3NO. The fourth-order valence-electron chi connectivity index (χ4n) is 2.26. The molecule has 2 aliphatic carbocycles. The van der Waals surface area contributed by atoms with Crippen LogP contribution in [0, 0.1) is 11.3 Å². The van der Waals surface area contributed by atoms with Gasteiger partial charge >= 0.3 is 6.18 Å². The van der Waals surface area contributed by atoms with Crippen molar-refractivity contribution in [1.82, 2.24) is 5.32 Å². The Labute approximate surface area is 93.5 Å². The van der Waals surface area contributed by atoms with Crippen LogP contribution in [0.3, 0.4) is 0 Å². The van der Waals surface area contributed by atoms with Crippen LogP contribution in [0.5, 0.6) is 0 Å². The Morgan fingerprint density at radius 2 is 1.94 bits per heavy atom. The summed E-state index contributed by atoms with van der Waals surface area (Å²) in [4.78, 5) is 0. The fraction of sp³-hybridized carbons (Fsp3) is 1.00. The standard InChI is InChI=1S/C11H18F3NO/c12-11(13,14)8-16-6-5-15-7-10(3-4-10)9-1-2-9/h9,15H,1-8H2. The Kier molecular flexibility index (Phi) is 3.45. The average molecular weight is 237 g/mol. The molecule has 0 aromatic heterocycles. The van der Waals surface area contributed by atoms with E-state index in [2.05, 4.69) is 10.1 Å². The zero-order valence-corrected chi connectivity index (χ0v) is 9.28. The number of rotatable bonds is 7. The van der Waals surface area contributed by atoms with Gasteiger partial charge in [0.25, 0.3) is 0 Å². The summed E-state index contributed by atoms with van der Waals surface area (Å²) in [6.45, 7) is 0.473. The Morgan fingerprint density at radius 3 is 2.44 bits per heavy atom. The molecular weight excluding hydrogens is 219 g/mol. The van der Waals surface area contributed by atoms with Crippen LogP contribution in [0.4, 0.5) is 13.2 Å². The molecule has 5 heteroatoms. The molecule has 94 valence electrons. The van der Waals surface area contributed by atoms with Crippen LogP contribution >= 0.6 is 0 Å². The number of ether oxygens (including phenoxy) is 1. The van der Waals surface area contributed by atoms with Crippen molar-refractivity contribution in [2.24, 2.45) is 11.3 Å². The molecule has 0 radical (unpaired) electrons. The van der Waals surface area contributed by atoms with Crippen molar-refractivity contribution in [2.45, 2.75) is 31.9 Å². The molecule has 0 spiro atoms. The summed E-state index contributed by atoms with van der Waals surface area (Å²) < 4.78 is 39.7. The van der Waals surface area contributed by atoms with Crippen LogP contribution in [0.2, 0.25) is 0 Å². The van der Waals surface area contributed by atoms with E-state index in [1.165, 1.54) is 25.7 Å². The predicted molar refractivity (Wildman–Crippen MR) is 54.1 cm³/mol. The van der Waals surface area contributed by atoms with Gasteiger partial charge in [0.2, 0.25) is 0 Å². The van der Waals surface area contributed by atoms with Crippen molar-refractivity contribution >= 4 is 0 Å². The Morgan fingerprint density at radius 1 is 1.25 bits per heavy atom. The van der Waals surface area contributed by atoms with Gasteiger partial charge in [-0.05, 0) is 37.0 Å². The van der Waals surface area contributed by atoms with E-state index < -0.39 is 12.8 Å². The highest BCUT2D eigenvalue weighted by Crippen LogP contribution is 2.60. The minimum absolute atomic E-state index is 0.139. The topological polar surface area (TPSA) is 21.3 Å². The van der Waals surface area contributed by atoms with Crippen LogP contribution in [0.15, 0.2) is 0 Å². The van der Waals surface area contributed by atoms with E-state index in [9.17, 15) is 13.2 Å². The van der Waals surface area contributed by atoms with Gasteiger partial charge in [0, 0.05) is 13.1 Å². The van der Waals surface area contributed by atoms with E-state index in [0.717, 1.165) is 12.5 Å². The summed E-state index contributed by atoms with van der Waals surface area (Å²) in [7, 11) is 0. The van der Waals surface area contributed by atoms with Crippen molar-refractivity contribution in [1.29, 1.82) is 0 Å². The van der Waals surface area contributed by atoms with Gasteiger partial charge in [0.15, 0.2) is 0 Å². The van der Waals surface area contributed by atoms with Gasteiger partial charge < -0.3 is 10.1 Å². The molecule has 0 aromatic carbocycles. The highest BCUT2D eigenvalue weighted by Gasteiger charge is 2.53. The molecule has 2 aliphatic rings. The first-order chi connectivity index (χ1) is 7.52. The minimum Gasteiger partial charge on any atom is -0.371 e.